The second-order valence-electron chi connectivity index (χ2n) is 8.14. The van der Waals surface area contributed by atoms with E-state index >= 15 is 0 Å². The third kappa shape index (κ3) is 13.4. The number of hydrogen-bond donors (Lipinski definition) is 0. The molecule has 0 aliphatic heterocycles. The van der Waals surface area contributed by atoms with Crippen LogP contribution in [0.1, 0.15) is 122 Å². The fourth-order valence-electron chi connectivity index (χ4n) is 3.70. The first-order valence-electron chi connectivity index (χ1n) is 11.8. The molecule has 0 saturated heterocycles. The predicted octanol–water partition coefficient (Wildman–Crippen LogP) is 7.80. The first kappa shape index (κ1) is 23.2. The van der Waals surface area contributed by atoms with Gasteiger partial charge in [-0.3, -0.25) is 0 Å². The van der Waals surface area contributed by atoms with Gasteiger partial charge in [-0.15, -0.1) is 0 Å². The highest BCUT2D eigenvalue weighted by Crippen LogP contribution is 2.12. The van der Waals surface area contributed by atoms with E-state index in [0.717, 1.165) is 0 Å². The molecule has 0 aliphatic rings. The van der Waals surface area contributed by atoms with Crippen molar-refractivity contribution >= 4 is 0 Å². The van der Waals surface area contributed by atoms with Crippen LogP contribution in [-0.4, -0.2) is 0 Å². The minimum Gasteiger partial charge on any atom is -0.205 e. The molecule has 0 radical (unpaired) electrons. The van der Waals surface area contributed by atoms with Gasteiger partial charge in [0.25, 0.3) is 0 Å². The summed E-state index contributed by atoms with van der Waals surface area (Å²) >= 11 is 0. The summed E-state index contributed by atoms with van der Waals surface area (Å²) in [6, 6.07) is 4.67. The van der Waals surface area contributed by atoms with Gasteiger partial charge in [-0.25, -0.2) is 4.57 Å². The molecule has 0 aromatic carbocycles. The number of unbranched alkanes of at least 4 members (excludes halogenated alkanes) is 14. The Labute approximate surface area is 164 Å². The lowest BCUT2D eigenvalue weighted by atomic mass is 10.0. The zero-order chi connectivity index (χ0) is 18.7. The van der Waals surface area contributed by atoms with Crippen LogP contribution in [0.5, 0.6) is 0 Å². The summed E-state index contributed by atoms with van der Waals surface area (Å²) in [7, 11) is 0. The topological polar surface area (TPSA) is 3.88 Å². The van der Waals surface area contributed by atoms with E-state index in [4.69, 9.17) is 0 Å². The van der Waals surface area contributed by atoms with Crippen LogP contribution in [0.2, 0.25) is 0 Å². The standard InChI is InChI=1S/C25H46N/c1-3-5-7-9-10-11-12-13-14-15-17-19-25-20-23-26(24-21-25)22-18-16-8-6-4-2/h20-21,23-24H,3-19,22H2,1-2H3/q+1. The molecule has 1 aromatic rings. The molecule has 0 fully saturated rings. The average Bonchev–Trinajstić information content (AvgIpc) is 2.67. The number of aromatic nitrogens is 1. The van der Waals surface area contributed by atoms with Crippen molar-refractivity contribution in [3.8, 4) is 0 Å². The zero-order valence-corrected chi connectivity index (χ0v) is 18.0. The van der Waals surface area contributed by atoms with Crippen LogP contribution in [0.4, 0.5) is 0 Å². The molecule has 0 spiro atoms. The zero-order valence-electron chi connectivity index (χ0n) is 18.0. The van der Waals surface area contributed by atoms with Crippen LogP contribution in [0.15, 0.2) is 24.5 Å². The number of pyridine rings is 1. The first-order valence-corrected chi connectivity index (χ1v) is 11.8. The molecule has 26 heavy (non-hydrogen) atoms. The monoisotopic (exact) mass is 360 g/mol. The van der Waals surface area contributed by atoms with E-state index < -0.39 is 0 Å². The van der Waals surface area contributed by atoms with Crippen molar-refractivity contribution in [3.05, 3.63) is 30.1 Å². The van der Waals surface area contributed by atoms with Crippen molar-refractivity contribution in [2.45, 2.75) is 130 Å². The molecule has 1 heterocycles. The van der Waals surface area contributed by atoms with Gasteiger partial charge in [-0.1, -0.05) is 97.3 Å². The van der Waals surface area contributed by atoms with Crippen LogP contribution >= 0.6 is 0 Å². The highest BCUT2D eigenvalue weighted by atomic mass is 14.9. The summed E-state index contributed by atoms with van der Waals surface area (Å²) in [4.78, 5) is 0. The van der Waals surface area contributed by atoms with Crippen molar-refractivity contribution in [1.82, 2.24) is 0 Å². The SMILES string of the molecule is CCCCCCCCCCCCCc1cc[n+](CCCCCCC)cc1. The molecule has 1 rings (SSSR count). The summed E-state index contributed by atoms with van der Waals surface area (Å²) < 4.78 is 2.36. The third-order valence-corrected chi connectivity index (χ3v) is 5.55. The maximum absolute atomic E-state index is 2.36. The Morgan fingerprint density at radius 1 is 0.538 bits per heavy atom. The second kappa shape index (κ2) is 17.6. The summed E-state index contributed by atoms with van der Waals surface area (Å²) in [5.41, 5.74) is 1.52. The first-order chi connectivity index (χ1) is 12.9. The fourth-order valence-corrected chi connectivity index (χ4v) is 3.70. The van der Waals surface area contributed by atoms with E-state index in [1.807, 2.05) is 0 Å². The Balaban J connectivity index is 1.94. The summed E-state index contributed by atoms with van der Waals surface area (Å²) in [5, 5.41) is 0. The fraction of sp³-hybridized carbons (Fsp3) is 0.800. The lowest BCUT2D eigenvalue weighted by Crippen LogP contribution is -2.32. The van der Waals surface area contributed by atoms with Gasteiger partial charge in [-0.05, 0) is 24.8 Å². The Hall–Kier alpha value is -0.850. The maximum Gasteiger partial charge on any atom is 0.169 e. The van der Waals surface area contributed by atoms with Gasteiger partial charge in [0.1, 0.15) is 6.54 Å². The largest absolute Gasteiger partial charge is 0.205 e. The number of rotatable bonds is 18. The van der Waals surface area contributed by atoms with E-state index in [-0.39, 0.29) is 0 Å². The average molecular weight is 361 g/mol. The van der Waals surface area contributed by atoms with E-state index in [9.17, 15) is 0 Å². The molecular formula is C25H46N+. The molecule has 0 atom stereocenters. The Morgan fingerprint density at radius 2 is 0.962 bits per heavy atom. The van der Waals surface area contributed by atoms with Gasteiger partial charge in [0, 0.05) is 18.6 Å². The highest BCUT2D eigenvalue weighted by Gasteiger charge is 2.01. The molecule has 0 unspecified atom stereocenters. The second-order valence-corrected chi connectivity index (χ2v) is 8.14. The lowest BCUT2D eigenvalue weighted by molar-refractivity contribution is -0.697. The maximum atomic E-state index is 2.36. The molecule has 1 heteroatoms. The number of aryl methyl sites for hydroxylation is 2. The molecule has 0 bridgehead atoms. The molecule has 0 aliphatic carbocycles. The quantitative estimate of drug-likeness (QED) is 0.186. The van der Waals surface area contributed by atoms with Crippen molar-refractivity contribution in [1.29, 1.82) is 0 Å². The lowest BCUT2D eigenvalue weighted by Gasteiger charge is -2.03. The summed E-state index contributed by atoms with van der Waals surface area (Å²) in [6.45, 7) is 5.76. The minimum atomic E-state index is 1.18. The van der Waals surface area contributed by atoms with Gasteiger partial charge >= 0.3 is 0 Å². The molecule has 1 aromatic heterocycles. The summed E-state index contributed by atoms with van der Waals surface area (Å²) in [5.74, 6) is 0. The van der Waals surface area contributed by atoms with Gasteiger partial charge in [0.2, 0.25) is 0 Å². The van der Waals surface area contributed by atoms with Crippen LogP contribution in [0.25, 0.3) is 0 Å². The van der Waals surface area contributed by atoms with Gasteiger partial charge < -0.3 is 0 Å². The van der Waals surface area contributed by atoms with Gasteiger partial charge in [-0.2, -0.15) is 0 Å². The van der Waals surface area contributed by atoms with Crippen LogP contribution in [0.3, 0.4) is 0 Å². The highest BCUT2D eigenvalue weighted by molar-refractivity contribution is 5.07. The molecule has 0 amide bonds. The summed E-state index contributed by atoms with van der Waals surface area (Å²) in [6.07, 6.45) is 28.4. The van der Waals surface area contributed by atoms with Crippen LogP contribution in [-0.2, 0) is 13.0 Å². The molecule has 0 N–H and O–H groups in total. The van der Waals surface area contributed by atoms with Gasteiger partial charge in [0.15, 0.2) is 12.4 Å². The van der Waals surface area contributed by atoms with Crippen molar-refractivity contribution in [2.75, 3.05) is 0 Å². The van der Waals surface area contributed by atoms with E-state index in [1.54, 1.807) is 0 Å². The van der Waals surface area contributed by atoms with Crippen molar-refractivity contribution in [2.24, 2.45) is 0 Å². The molecular weight excluding hydrogens is 314 g/mol. The minimum absolute atomic E-state index is 1.18. The Kier molecular flexibility index (Phi) is 15.7. The Morgan fingerprint density at radius 3 is 1.46 bits per heavy atom. The number of nitrogens with zero attached hydrogens (tertiary/aromatic N) is 1. The third-order valence-electron chi connectivity index (χ3n) is 5.55. The smallest absolute Gasteiger partial charge is 0.169 e. The molecule has 150 valence electrons. The van der Waals surface area contributed by atoms with Crippen molar-refractivity contribution < 1.29 is 4.57 Å². The van der Waals surface area contributed by atoms with Crippen molar-refractivity contribution in [3.63, 3.8) is 0 Å². The van der Waals surface area contributed by atoms with E-state index in [1.165, 1.54) is 121 Å². The van der Waals surface area contributed by atoms with E-state index in [2.05, 4.69) is 42.9 Å². The Bertz CT molecular complexity index is 395. The normalized spacial score (nSPS) is 11.2. The molecule has 1 nitrogen and oxygen atoms in total. The van der Waals surface area contributed by atoms with E-state index in [0.29, 0.717) is 0 Å². The van der Waals surface area contributed by atoms with Gasteiger partial charge in [0.05, 0.1) is 0 Å². The van der Waals surface area contributed by atoms with Crippen LogP contribution < -0.4 is 4.57 Å². The number of hydrogen-bond acceptors (Lipinski definition) is 0. The van der Waals surface area contributed by atoms with Crippen LogP contribution in [0, 0.1) is 0 Å². The molecule has 0 saturated carbocycles. The predicted molar refractivity (Wildman–Crippen MR) is 116 cm³/mol.